The summed E-state index contributed by atoms with van der Waals surface area (Å²) in [5.41, 5.74) is 1.47. The van der Waals surface area contributed by atoms with Crippen LogP contribution in [0.5, 0.6) is 0 Å². The Hall–Kier alpha value is -0.820. The monoisotopic (exact) mass is 259 g/mol. The summed E-state index contributed by atoms with van der Waals surface area (Å²) in [7, 11) is 0. The smallest absolute Gasteiger partial charge is 0.00217 e. The molecule has 0 N–H and O–H groups in total. The molecule has 0 unspecified atom stereocenters. The zero-order valence-corrected chi connectivity index (χ0v) is 12.5. The Kier molecular flexibility index (Phi) is 6.43. The van der Waals surface area contributed by atoms with Crippen molar-refractivity contribution in [2.45, 2.75) is 51.9 Å². The van der Waals surface area contributed by atoms with Crippen molar-refractivity contribution in [3.63, 3.8) is 0 Å². The van der Waals surface area contributed by atoms with Crippen LogP contribution in [0.25, 0.3) is 0 Å². The summed E-state index contributed by atoms with van der Waals surface area (Å²) in [5, 5.41) is 0. The van der Waals surface area contributed by atoms with Gasteiger partial charge in [-0.3, -0.25) is 0 Å². The van der Waals surface area contributed by atoms with Crippen molar-refractivity contribution in [2.75, 3.05) is 19.6 Å². The van der Waals surface area contributed by atoms with Crippen LogP contribution in [0.3, 0.4) is 0 Å². The van der Waals surface area contributed by atoms with E-state index in [9.17, 15) is 0 Å². The van der Waals surface area contributed by atoms with Crippen molar-refractivity contribution in [3.8, 4) is 0 Å². The Morgan fingerprint density at radius 2 is 1.74 bits per heavy atom. The molecule has 0 radical (unpaired) electrons. The van der Waals surface area contributed by atoms with Crippen molar-refractivity contribution in [1.29, 1.82) is 0 Å². The van der Waals surface area contributed by atoms with Gasteiger partial charge in [0.15, 0.2) is 0 Å². The molecule has 0 aromatic heterocycles. The van der Waals surface area contributed by atoms with Gasteiger partial charge >= 0.3 is 0 Å². The molecular formula is C18H29N. The van der Waals surface area contributed by atoms with Crippen LogP contribution < -0.4 is 0 Å². The van der Waals surface area contributed by atoms with Crippen LogP contribution in [0.1, 0.15) is 51.0 Å². The number of benzene rings is 1. The predicted octanol–water partition coefficient (Wildman–Crippen LogP) is 4.52. The third-order valence-electron chi connectivity index (χ3n) is 4.59. The van der Waals surface area contributed by atoms with Crippen LogP contribution >= 0.6 is 0 Å². The van der Waals surface area contributed by atoms with Crippen molar-refractivity contribution in [1.82, 2.24) is 4.90 Å². The largest absolute Gasteiger partial charge is 0.303 e. The zero-order chi connectivity index (χ0) is 13.3. The average molecular weight is 259 g/mol. The highest BCUT2D eigenvalue weighted by Crippen LogP contribution is 2.26. The summed E-state index contributed by atoms with van der Waals surface area (Å²) < 4.78 is 0. The Morgan fingerprint density at radius 3 is 2.42 bits per heavy atom. The lowest BCUT2D eigenvalue weighted by Crippen LogP contribution is -2.28. The molecule has 0 aliphatic heterocycles. The van der Waals surface area contributed by atoms with Crippen LogP contribution in [-0.2, 0) is 6.42 Å². The van der Waals surface area contributed by atoms with Crippen LogP contribution in [0.2, 0.25) is 0 Å². The predicted molar refractivity (Wildman–Crippen MR) is 83.5 cm³/mol. The van der Waals surface area contributed by atoms with Crippen molar-refractivity contribution in [2.24, 2.45) is 5.92 Å². The van der Waals surface area contributed by atoms with Crippen LogP contribution in [0, 0.1) is 5.92 Å². The van der Waals surface area contributed by atoms with E-state index in [-0.39, 0.29) is 0 Å². The summed E-state index contributed by atoms with van der Waals surface area (Å²) in [6.45, 7) is 6.01. The highest BCUT2D eigenvalue weighted by atomic mass is 15.1. The minimum atomic E-state index is 1.01. The molecule has 1 aromatic carbocycles. The molecule has 0 amide bonds. The van der Waals surface area contributed by atoms with E-state index in [0.717, 1.165) is 5.92 Å². The number of likely N-dealkylation sites (N-methyl/N-ethyl adjacent to an activating group) is 1. The molecule has 0 saturated heterocycles. The summed E-state index contributed by atoms with van der Waals surface area (Å²) >= 11 is 0. The van der Waals surface area contributed by atoms with Gasteiger partial charge in [-0.1, -0.05) is 69.4 Å². The maximum atomic E-state index is 2.63. The van der Waals surface area contributed by atoms with Gasteiger partial charge in [-0.15, -0.1) is 0 Å². The maximum absolute atomic E-state index is 2.63. The highest BCUT2D eigenvalue weighted by Gasteiger charge is 2.14. The maximum Gasteiger partial charge on any atom is 0.00217 e. The molecule has 1 aliphatic rings. The van der Waals surface area contributed by atoms with E-state index < -0.39 is 0 Å². The fourth-order valence-corrected chi connectivity index (χ4v) is 3.20. The Balaban J connectivity index is 1.67. The van der Waals surface area contributed by atoms with Gasteiger partial charge in [-0.25, -0.2) is 0 Å². The van der Waals surface area contributed by atoms with Crippen molar-refractivity contribution >= 4 is 0 Å². The lowest BCUT2D eigenvalue weighted by Gasteiger charge is -2.26. The van der Waals surface area contributed by atoms with Gasteiger partial charge in [0.1, 0.15) is 0 Å². The first kappa shape index (κ1) is 14.6. The number of rotatable bonds is 7. The second kappa shape index (κ2) is 8.37. The van der Waals surface area contributed by atoms with Crippen LogP contribution in [-0.4, -0.2) is 24.5 Å². The Labute approximate surface area is 119 Å². The van der Waals surface area contributed by atoms with E-state index in [4.69, 9.17) is 0 Å². The van der Waals surface area contributed by atoms with Gasteiger partial charge in [-0.05, 0) is 37.4 Å². The molecule has 0 atom stereocenters. The standard InChI is InChI=1S/C18H29N/c1-2-19(15-13-17-9-5-3-6-10-17)16-14-18-11-7-4-8-12-18/h3,5-6,9-10,18H,2,4,7-8,11-16H2,1H3. The summed E-state index contributed by atoms with van der Waals surface area (Å²) in [6.07, 6.45) is 10.00. The molecule has 0 spiro atoms. The lowest BCUT2D eigenvalue weighted by molar-refractivity contribution is 0.242. The van der Waals surface area contributed by atoms with E-state index >= 15 is 0 Å². The minimum Gasteiger partial charge on any atom is -0.303 e. The first-order valence-electron chi connectivity index (χ1n) is 8.14. The van der Waals surface area contributed by atoms with Gasteiger partial charge < -0.3 is 4.90 Å². The molecule has 0 bridgehead atoms. The molecule has 1 aliphatic carbocycles. The van der Waals surface area contributed by atoms with Gasteiger partial charge in [0, 0.05) is 6.54 Å². The zero-order valence-electron chi connectivity index (χ0n) is 12.5. The highest BCUT2D eigenvalue weighted by molar-refractivity contribution is 5.14. The van der Waals surface area contributed by atoms with E-state index in [0.29, 0.717) is 0 Å². The molecule has 1 aromatic rings. The van der Waals surface area contributed by atoms with E-state index in [2.05, 4.69) is 42.2 Å². The van der Waals surface area contributed by atoms with E-state index in [1.54, 1.807) is 0 Å². The number of hydrogen-bond acceptors (Lipinski definition) is 1. The lowest BCUT2D eigenvalue weighted by atomic mass is 9.87. The van der Waals surface area contributed by atoms with Gasteiger partial charge in [0.05, 0.1) is 0 Å². The van der Waals surface area contributed by atoms with Crippen molar-refractivity contribution < 1.29 is 0 Å². The molecule has 19 heavy (non-hydrogen) atoms. The Bertz CT molecular complexity index is 327. The molecule has 1 saturated carbocycles. The molecule has 1 fully saturated rings. The fraction of sp³-hybridized carbons (Fsp3) is 0.667. The molecule has 1 nitrogen and oxygen atoms in total. The molecule has 1 heteroatoms. The van der Waals surface area contributed by atoms with Gasteiger partial charge in [0.2, 0.25) is 0 Å². The first-order valence-corrected chi connectivity index (χ1v) is 8.14. The SMILES string of the molecule is CCN(CCc1ccccc1)CCC1CCCCC1. The third-order valence-corrected chi connectivity index (χ3v) is 4.59. The molecule has 2 rings (SSSR count). The quantitative estimate of drug-likeness (QED) is 0.696. The van der Waals surface area contributed by atoms with Crippen LogP contribution in [0.4, 0.5) is 0 Å². The second-order valence-electron chi connectivity index (χ2n) is 5.96. The topological polar surface area (TPSA) is 3.24 Å². The van der Waals surface area contributed by atoms with Crippen molar-refractivity contribution in [3.05, 3.63) is 35.9 Å². The molecular weight excluding hydrogens is 230 g/mol. The summed E-state index contributed by atoms with van der Waals surface area (Å²) in [5.74, 6) is 1.01. The minimum absolute atomic E-state index is 1.01. The van der Waals surface area contributed by atoms with Gasteiger partial charge in [-0.2, -0.15) is 0 Å². The second-order valence-corrected chi connectivity index (χ2v) is 5.96. The normalized spacial score (nSPS) is 16.9. The third kappa shape index (κ3) is 5.36. The molecule has 106 valence electrons. The fourth-order valence-electron chi connectivity index (χ4n) is 3.20. The van der Waals surface area contributed by atoms with E-state index in [1.807, 2.05) is 0 Å². The Morgan fingerprint density at radius 1 is 1.00 bits per heavy atom. The molecule has 0 heterocycles. The first-order chi connectivity index (χ1) is 9.38. The van der Waals surface area contributed by atoms with E-state index in [1.165, 1.54) is 70.1 Å². The summed E-state index contributed by atoms with van der Waals surface area (Å²) in [4.78, 5) is 2.63. The number of hydrogen-bond donors (Lipinski definition) is 0. The average Bonchev–Trinajstić information content (AvgIpc) is 2.49. The summed E-state index contributed by atoms with van der Waals surface area (Å²) in [6, 6.07) is 10.9. The van der Waals surface area contributed by atoms with Crippen LogP contribution in [0.15, 0.2) is 30.3 Å². The number of nitrogens with zero attached hydrogens (tertiary/aromatic N) is 1. The van der Waals surface area contributed by atoms with Gasteiger partial charge in [0.25, 0.3) is 0 Å².